The molecule has 6 heteroatoms. The molecule has 0 bridgehead atoms. The highest BCUT2D eigenvalue weighted by atomic mass is 35.5. The van der Waals surface area contributed by atoms with Crippen molar-refractivity contribution in [1.29, 1.82) is 0 Å². The lowest BCUT2D eigenvalue weighted by atomic mass is 9.93. The van der Waals surface area contributed by atoms with Crippen LogP contribution in [0, 0.1) is 0 Å². The monoisotopic (exact) mass is 384 g/mol. The van der Waals surface area contributed by atoms with Gasteiger partial charge in [-0.3, -0.25) is 0 Å². The van der Waals surface area contributed by atoms with Gasteiger partial charge in [-0.2, -0.15) is 5.10 Å². The van der Waals surface area contributed by atoms with E-state index in [4.69, 9.17) is 21.1 Å². The molecule has 0 aliphatic rings. The number of rotatable bonds is 4. The molecule has 1 heterocycles. The first-order valence-corrected chi connectivity index (χ1v) is 8.88. The van der Waals surface area contributed by atoms with Crippen molar-refractivity contribution < 1.29 is 14.3 Å². The molecular weight excluding hydrogens is 364 g/mol. The van der Waals surface area contributed by atoms with E-state index in [1.807, 2.05) is 32.9 Å². The van der Waals surface area contributed by atoms with E-state index in [0.29, 0.717) is 22.2 Å². The van der Waals surface area contributed by atoms with Crippen LogP contribution in [0.1, 0.15) is 36.8 Å². The standard InChI is InChI=1S/C21H21ClN2O3/c1-21(2,3)18-13-19(24(23-18)16-7-5-6-15(22)12-16)27-20(25)14-8-10-17(26-4)11-9-14/h5-13H,1-4H3. The van der Waals surface area contributed by atoms with Gasteiger partial charge in [-0.05, 0) is 42.5 Å². The van der Waals surface area contributed by atoms with E-state index in [-0.39, 0.29) is 5.41 Å². The minimum absolute atomic E-state index is 0.203. The maximum absolute atomic E-state index is 12.6. The predicted octanol–water partition coefficient (Wildman–Crippen LogP) is 5.05. The summed E-state index contributed by atoms with van der Waals surface area (Å²) in [5.41, 5.74) is 1.74. The summed E-state index contributed by atoms with van der Waals surface area (Å²) in [5, 5.41) is 5.20. The zero-order valence-corrected chi connectivity index (χ0v) is 16.4. The van der Waals surface area contributed by atoms with Gasteiger partial charge in [0.1, 0.15) is 5.75 Å². The molecule has 140 valence electrons. The number of carbonyl (C=O) groups is 1. The van der Waals surface area contributed by atoms with Crippen molar-refractivity contribution in [3.05, 3.63) is 70.9 Å². The first kappa shape index (κ1) is 19.0. The lowest BCUT2D eigenvalue weighted by molar-refractivity contribution is 0.0723. The van der Waals surface area contributed by atoms with Crippen molar-refractivity contribution in [2.75, 3.05) is 7.11 Å². The number of benzene rings is 2. The van der Waals surface area contributed by atoms with Crippen molar-refractivity contribution in [2.45, 2.75) is 26.2 Å². The maximum atomic E-state index is 12.6. The van der Waals surface area contributed by atoms with Crippen molar-refractivity contribution in [1.82, 2.24) is 9.78 Å². The van der Waals surface area contributed by atoms with E-state index >= 15 is 0 Å². The fraction of sp³-hybridized carbons (Fsp3) is 0.238. The predicted molar refractivity (Wildman–Crippen MR) is 105 cm³/mol. The van der Waals surface area contributed by atoms with Gasteiger partial charge in [0.15, 0.2) is 0 Å². The van der Waals surface area contributed by atoms with Crippen LogP contribution in [-0.2, 0) is 5.41 Å². The van der Waals surface area contributed by atoms with Gasteiger partial charge in [-0.15, -0.1) is 0 Å². The summed E-state index contributed by atoms with van der Waals surface area (Å²) in [6, 6.07) is 15.8. The molecule has 0 N–H and O–H groups in total. The molecule has 0 radical (unpaired) electrons. The third kappa shape index (κ3) is 4.31. The first-order chi connectivity index (χ1) is 12.8. The topological polar surface area (TPSA) is 53.4 Å². The Bertz CT molecular complexity index is 956. The Kier molecular flexibility index (Phi) is 5.24. The van der Waals surface area contributed by atoms with E-state index in [1.54, 1.807) is 54.3 Å². The number of carbonyl (C=O) groups excluding carboxylic acids is 1. The molecule has 0 spiro atoms. The molecule has 0 atom stereocenters. The molecule has 0 saturated heterocycles. The van der Waals surface area contributed by atoms with Crippen LogP contribution in [0.15, 0.2) is 54.6 Å². The van der Waals surface area contributed by atoms with Crippen molar-refractivity contribution >= 4 is 17.6 Å². The zero-order chi connectivity index (χ0) is 19.6. The summed E-state index contributed by atoms with van der Waals surface area (Å²) in [6.45, 7) is 6.14. The van der Waals surface area contributed by atoms with E-state index in [1.165, 1.54) is 0 Å². The highest BCUT2D eigenvalue weighted by Crippen LogP contribution is 2.29. The average Bonchev–Trinajstić information content (AvgIpc) is 3.06. The highest BCUT2D eigenvalue weighted by molar-refractivity contribution is 6.30. The molecule has 0 aliphatic carbocycles. The van der Waals surface area contributed by atoms with Crippen LogP contribution in [0.4, 0.5) is 0 Å². The van der Waals surface area contributed by atoms with Crippen molar-refractivity contribution in [3.8, 4) is 17.3 Å². The number of ether oxygens (including phenoxy) is 2. The molecule has 0 aliphatic heterocycles. The number of hydrogen-bond acceptors (Lipinski definition) is 4. The molecule has 3 aromatic rings. The van der Waals surface area contributed by atoms with Gasteiger partial charge in [0, 0.05) is 16.5 Å². The lowest BCUT2D eigenvalue weighted by Crippen LogP contribution is -2.13. The third-order valence-electron chi connectivity index (χ3n) is 4.02. The second-order valence-electron chi connectivity index (χ2n) is 7.13. The van der Waals surface area contributed by atoms with Crippen molar-refractivity contribution in [3.63, 3.8) is 0 Å². The Labute approximate surface area is 163 Å². The van der Waals surface area contributed by atoms with Gasteiger partial charge in [0.05, 0.1) is 24.1 Å². The fourth-order valence-corrected chi connectivity index (χ4v) is 2.66. The molecule has 0 amide bonds. The summed E-state index contributed by atoms with van der Waals surface area (Å²) in [7, 11) is 1.57. The summed E-state index contributed by atoms with van der Waals surface area (Å²) in [5.74, 6) is 0.537. The van der Waals surface area contributed by atoms with Crippen molar-refractivity contribution in [2.24, 2.45) is 0 Å². The second kappa shape index (κ2) is 7.45. The summed E-state index contributed by atoms with van der Waals surface area (Å²) < 4.78 is 12.4. The van der Waals surface area contributed by atoms with Crippen LogP contribution < -0.4 is 9.47 Å². The van der Waals surface area contributed by atoms with Crippen LogP contribution >= 0.6 is 11.6 Å². The Balaban J connectivity index is 1.97. The molecule has 1 aromatic heterocycles. The Hall–Kier alpha value is -2.79. The second-order valence-corrected chi connectivity index (χ2v) is 7.56. The van der Waals surface area contributed by atoms with Gasteiger partial charge in [-0.25, -0.2) is 9.48 Å². The van der Waals surface area contributed by atoms with Gasteiger partial charge in [-0.1, -0.05) is 38.4 Å². The summed E-state index contributed by atoms with van der Waals surface area (Å²) in [4.78, 5) is 12.6. The number of nitrogens with zero attached hydrogens (tertiary/aromatic N) is 2. The molecule has 3 rings (SSSR count). The van der Waals surface area contributed by atoms with Gasteiger partial charge < -0.3 is 9.47 Å². The molecular formula is C21H21ClN2O3. The van der Waals surface area contributed by atoms with Gasteiger partial charge in [0.25, 0.3) is 0 Å². The van der Waals surface area contributed by atoms with Crippen LogP contribution in [0.3, 0.4) is 0 Å². The van der Waals surface area contributed by atoms with E-state index < -0.39 is 5.97 Å². The third-order valence-corrected chi connectivity index (χ3v) is 4.26. The number of esters is 1. The largest absolute Gasteiger partial charge is 0.497 e. The van der Waals surface area contributed by atoms with E-state index in [9.17, 15) is 4.79 Å². The number of hydrogen-bond donors (Lipinski definition) is 0. The molecule has 2 aromatic carbocycles. The van der Waals surface area contributed by atoms with E-state index in [2.05, 4.69) is 5.10 Å². The normalized spacial score (nSPS) is 11.3. The van der Waals surface area contributed by atoms with Crippen LogP contribution in [0.5, 0.6) is 11.6 Å². The SMILES string of the molecule is COc1ccc(C(=O)Oc2cc(C(C)(C)C)nn2-c2cccc(Cl)c2)cc1. The molecule has 0 fully saturated rings. The molecule has 5 nitrogen and oxygen atoms in total. The number of aromatic nitrogens is 2. The minimum Gasteiger partial charge on any atom is -0.497 e. The summed E-state index contributed by atoms with van der Waals surface area (Å²) >= 11 is 6.11. The minimum atomic E-state index is -0.471. The maximum Gasteiger partial charge on any atom is 0.344 e. The van der Waals surface area contributed by atoms with Gasteiger partial charge in [0.2, 0.25) is 5.88 Å². The number of methoxy groups -OCH3 is 1. The first-order valence-electron chi connectivity index (χ1n) is 8.50. The van der Waals surface area contributed by atoms with E-state index in [0.717, 1.165) is 11.4 Å². The van der Waals surface area contributed by atoms with Crippen LogP contribution in [0.2, 0.25) is 5.02 Å². The van der Waals surface area contributed by atoms with Gasteiger partial charge >= 0.3 is 5.97 Å². The fourth-order valence-electron chi connectivity index (χ4n) is 2.48. The molecule has 27 heavy (non-hydrogen) atoms. The molecule has 0 unspecified atom stereocenters. The van der Waals surface area contributed by atoms with Crippen LogP contribution in [-0.4, -0.2) is 22.9 Å². The zero-order valence-electron chi connectivity index (χ0n) is 15.7. The van der Waals surface area contributed by atoms with Crippen LogP contribution in [0.25, 0.3) is 5.69 Å². The molecule has 0 saturated carbocycles. The lowest BCUT2D eigenvalue weighted by Gasteiger charge is -2.13. The Morgan fingerprint density at radius 1 is 1.07 bits per heavy atom. The Morgan fingerprint density at radius 3 is 2.37 bits per heavy atom. The average molecular weight is 385 g/mol. The summed E-state index contributed by atoms with van der Waals surface area (Å²) in [6.07, 6.45) is 0. The number of halogens is 1. The highest BCUT2D eigenvalue weighted by Gasteiger charge is 2.23. The Morgan fingerprint density at radius 2 is 1.78 bits per heavy atom. The smallest absolute Gasteiger partial charge is 0.344 e. The quantitative estimate of drug-likeness (QED) is 0.590.